The first kappa shape index (κ1) is 24.9. The van der Waals surface area contributed by atoms with Gasteiger partial charge in [-0.15, -0.1) is 24.8 Å². The Kier molecular flexibility index (Phi) is 13.4. The monoisotopic (exact) mass is 467 g/mol. The molecule has 0 aliphatic heterocycles. The number of halogens is 3. The van der Waals surface area contributed by atoms with Gasteiger partial charge in [0, 0.05) is 49.6 Å². The van der Waals surface area contributed by atoms with E-state index in [0.29, 0.717) is 37.6 Å². The number of aromatic nitrogens is 1. The number of oxazole rings is 1. The Morgan fingerprint density at radius 2 is 2.00 bits per heavy atom. The molecule has 0 radical (unpaired) electrons. The summed E-state index contributed by atoms with van der Waals surface area (Å²) in [6, 6.07) is 7.79. The van der Waals surface area contributed by atoms with Crippen molar-refractivity contribution in [3.8, 4) is 11.3 Å². The lowest BCUT2D eigenvalue weighted by molar-refractivity contribution is -0.121. The van der Waals surface area contributed by atoms with Gasteiger partial charge in [-0.05, 0) is 6.07 Å². The zero-order valence-corrected chi connectivity index (χ0v) is 17.7. The lowest BCUT2D eigenvalue weighted by Gasteiger charge is -2.05. The first-order valence-corrected chi connectivity index (χ1v) is 8.66. The Balaban J connectivity index is 0.00000312. The summed E-state index contributed by atoms with van der Waals surface area (Å²) < 4.78 is 11.6. The van der Waals surface area contributed by atoms with Crippen LogP contribution in [0.25, 0.3) is 11.3 Å². The number of aryl methyl sites for hydroxylation is 1. The predicted molar refractivity (Wildman–Crippen MR) is 110 cm³/mol. The fourth-order valence-electron chi connectivity index (χ4n) is 2.11. The van der Waals surface area contributed by atoms with Gasteiger partial charge in [0.2, 0.25) is 5.91 Å². The summed E-state index contributed by atoms with van der Waals surface area (Å²) in [5, 5.41) is 6.03. The Labute approximate surface area is 174 Å². The van der Waals surface area contributed by atoms with Gasteiger partial charge >= 0.3 is 0 Å². The van der Waals surface area contributed by atoms with Crippen molar-refractivity contribution >= 4 is 46.7 Å². The zero-order valence-electron chi connectivity index (χ0n) is 14.5. The molecule has 1 aromatic carbocycles. The van der Waals surface area contributed by atoms with E-state index in [9.17, 15) is 4.79 Å². The van der Waals surface area contributed by atoms with Crippen molar-refractivity contribution in [2.24, 2.45) is 0 Å². The zero-order chi connectivity index (χ0) is 17.2. The molecule has 0 saturated heterocycles. The second-order valence-electron chi connectivity index (χ2n) is 5.19. The van der Waals surface area contributed by atoms with Gasteiger partial charge in [-0.2, -0.15) is 0 Å². The highest BCUT2D eigenvalue weighted by atomic mass is 79.9. The fourth-order valence-corrected chi connectivity index (χ4v) is 2.59. The second-order valence-corrected chi connectivity index (χ2v) is 6.05. The molecular formula is C17H24BrCl2N3O3. The molecule has 146 valence electrons. The maximum atomic E-state index is 11.8. The van der Waals surface area contributed by atoms with Crippen LogP contribution in [0.3, 0.4) is 0 Å². The van der Waals surface area contributed by atoms with Crippen molar-refractivity contribution in [2.75, 3.05) is 33.4 Å². The highest BCUT2D eigenvalue weighted by Crippen LogP contribution is 2.28. The molecule has 0 saturated carbocycles. The molecule has 0 bridgehead atoms. The summed E-state index contributed by atoms with van der Waals surface area (Å²) in [4.78, 5) is 16.0. The van der Waals surface area contributed by atoms with Crippen LogP contribution in [-0.2, 0) is 16.0 Å². The van der Waals surface area contributed by atoms with Gasteiger partial charge in [0.05, 0.1) is 12.8 Å². The molecule has 1 amide bonds. The topological polar surface area (TPSA) is 76.4 Å². The van der Waals surface area contributed by atoms with E-state index in [4.69, 9.17) is 9.15 Å². The van der Waals surface area contributed by atoms with Gasteiger partial charge in [0.25, 0.3) is 0 Å². The summed E-state index contributed by atoms with van der Waals surface area (Å²) in [5.41, 5.74) is 0.947. The smallest absolute Gasteiger partial charge is 0.220 e. The van der Waals surface area contributed by atoms with E-state index in [2.05, 4.69) is 31.5 Å². The molecule has 0 unspecified atom stereocenters. The van der Waals surface area contributed by atoms with E-state index in [-0.39, 0.29) is 30.7 Å². The first-order valence-electron chi connectivity index (χ1n) is 7.86. The molecule has 2 aromatic rings. The van der Waals surface area contributed by atoms with E-state index in [1.165, 1.54) is 0 Å². The number of carbonyl (C=O) groups excluding carboxylic acids is 1. The van der Waals surface area contributed by atoms with Crippen molar-refractivity contribution in [3.05, 3.63) is 40.8 Å². The van der Waals surface area contributed by atoms with E-state index >= 15 is 0 Å². The van der Waals surface area contributed by atoms with E-state index < -0.39 is 0 Å². The molecule has 6 nitrogen and oxygen atoms in total. The quantitative estimate of drug-likeness (QED) is 0.523. The number of hydrogen-bond acceptors (Lipinski definition) is 5. The Morgan fingerprint density at radius 1 is 1.23 bits per heavy atom. The molecule has 0 atom stereocenters. The van der Waals surface area contributed by atoms with Crippen LogP contribution in [0.4, 0.5) is 0 Å². The Bertz CT molecular complexity index is 656. The average molecular weight is 469 g/mol. The molecule has 26 heavy (non-hydrogen) atoms. The third kappa shape index (κ3) is 8.51. The Hall–Kier alpha value is -1.12. The van der Waals surface area contributed by atoms with Crippen molar-refractivity contribution in [1.29, 1.82) is 0 Å². The summed E-state index contributed by atoms with van der Waals surface area (Å²) in [6.07, 6.45) is 2.52. The van der Waals surface area contributed by atoms with Crippen LogP contribution >= 0.6 is 40.7 Å². The summed E-state index contributed by atoms with van der Waals surface area (Å²) in [5.74, 6) is 1.25. The number of benzene rings is 1. The summed E-state index contributed by atoms with van der Waals surface area (Å²) in [7, 11) is 1.66. The Morgan fingerprint density at radius 3 is 2.73 bits per heavy atom. The van der Waals surface area contributed by atoms with Crippen LogP contribution in [0.2, 0.25) is 0 Å². The number of carbonyl (C=O) groups is 1. The third-order valence-electron chi connectivity index (χ3n) is 3.37. The van der Waals surface area contributed by atoms with Gasteiger partial charge < -0.3 is 19.8 Å². The maximum Gasteiger partial charge on any atom is 0.220 e. The molecule has 0 aliphatic carbocycles. The third-order valence-corrected chi connectivity index (χ3v) is 4.06. The maximum absolute atomic E-state index is 11.8. The van der Waals surface area contributed by atoms with Crippen LogP contribution in [0.5, 0.6) is 0 Å². The number of rotatable bonds is 10. The van der Waals surface area contributed by atoms with Crippen molar-refractivity contribution in [3.63, 3.8) is 0 Å². The van der Waals surface area contributed by atoms with Crippen molar-refractivity contribution < 1.29 is 13.9 Å². The fraction of sp³-hybridized carbons (Fsp3) is 0.412. The lowest BCUT2D eigenvalue weighted by atomic mass is 10.2. The van der Waals surface area contributed by atoms with Gasteiger partial charge in [-0.1, -0.05) is 34.1 Å². The molecule has 0 spiro atoms. The van der Waals surface area contributed by atoms with Crippen LogP contribution in [0.15, 0.2) is 39.4 Å². The minimum Gasteiger partial charge on any atom is -0.441 e. The molecule has 9 heteroatoms. The van der Waals surface area contributed by atoms with Crippen molar-refractivity contribution in [1.82, 2.24) is 15.6 Å². The van der Waals surface area contributed by atoms with Crippen LogP contribution in [0.1, 0.15) is 12.3 Å². The van der Waals surface area contributed by atoms with Crippen LogP contribution < -0.4 is 10.6 Å². The van der Waals surface area contributed by atoms with Crippen molar-refractivity contribution in [2.45, 2.75) is 12.8 Å². The highest BCUT2D eigenvalue weighted by Gasteiger charge is 2.10. The van der Waals surface area contributed by atoms with Gasteiger partial charge in [0.15, 0.2) is 11.7 Å². The number of nitrogens with one attached hydrogen (secondary N) is 2. The average Bonchev–Trinajstić information content (AvgIpc) is 3.05. The SMILES string of the molecule is COCCNCCNC(=O)CCc1ncc(-c2ccccc2Br)o1.Cl.Cl. The van der Waals surface area contributed by atoms with Gasteiger partial charge in [-0.3, -0.25) is 4.79 Å². The first-order chi connectivity index (χ1) is 11.7. The molecule has 2 N–H and O–H groups in total. The molecule has 0 fully saturated rings. The van der Waals surface area contributed by atoms with E-state index in [1.807, 2.05) is 24.3 Å². The lowest BCUT2D eigenvalue weighted by Crippen LogP contribution is -2.33. The van der Waals surface area contributed by atoms with Gasteiger partial charge in [0.1, 0.15) is 0 Å². The number of ether oxygens (including phenoxy) is 1. The molecule has 0 aliphatic rings. The minimum atomic E-state index is -0.0100. The highest BCUT2D eigenvalue weighted by molar-refractivity contribution is 9.10. The number of hydrogen-bond donors (Lipinski definition) is 2. The van der Waals surface area contributed by atoms with E-state index in [0.717, 1.165) is 23.1 Å². The standard InChI is InChI=1S/C17H22BrN3O3.2ClH/c1-23-11-10-19-8-9-20-16(22)6-7-17-21-12-15(24-17)13-4-2-3-5-14(13)18;;/h2-5,12,19H,6-11H2,1H3,(H,20,22);2*1H. The summed E-state index contributed by atoms with van der Waals surface area (Å²) >= 11 is 3.49. The molecule has 1 heterocycles. The largest absolute Gasteiger partial charge is 0.441 e. The molecule has 1 aromatic heterocycles. The number of nitrogens with zero attached hydrogens (tertiary/aromatic N) is 1. The predicted octanol–water partition coefficient (Wildman–Crippen LogP) is 3.23. The molecular weight excluding hydrogens is 445 g/mol. The normalized spacial score (nSPS) is 9.92. The summed E-state index contributed by atoms with van der Waals surface area (Å²) in [6.45, 7) is 2.76. The number of methoxy groups -OCH3 is 1. The minimum absolute atomic E-state index is 0. The van der Waals surface area contributed by atoms with Crippen LogP contribution in [0, 0.1) is 0 Å². The molecule has 2 rings (SSSR count). The van der Waals surface area contributed by atoms with Crippen LogP contribution in [-0.4, -0.2) is 44.2 Å². The van der Waals surface area contributed by atoms with Gasteiger partial charge in [-0.25, -0.2) is 4.98 Å². The number of amides is 1. The van der Waals surface area contributed by atoms with E-state index in [1.54, 1.807) is 13.3 Å². The second kappa shape index (κ2) is 14.0.